The second kappa shape index (κ2) is 6.97. The minimum atomic E-state index is -3.33. The Labute approximate surface area is 129 Å². The summed E-state index contributed by atoms with van der Waals surface area (Å²) in [5.74, 6) is 0. The molecule has 0 radical (unpaired) electrons. The third-order valence-electron chi connectivity index (χ3n) is 2.68. The van der Waals surface area contributed by atoms with E-state index in [2.05, 4.69) is 24.3 Å². The molecule has 0 heterocycles. The molecule has 2 aromatic rings. The molecule has 0 bridgehead atoms. The second-order valence-corrected chi connectivity index (χ2v) is 22.9. The Bertz CT molecular complexity index is 508. The maximum atomic E-state index is 7.07. The van der Waals surface area contributed by atoms with E-state index < -0.39 is 15.9 Å². The molecule has 2 rings (SSSR count). The Morgan fingerprint density at radius 3 is 1.79 bits per heavy atom. The molecule has 0 aliphatic carbocycles. The Morgan fingerprint density at radius 1 is 1.00 bits per heavy atom. The first-order chi connectivity index (χ1) is 9.16. The Hall–Kier alpha value is -0.231. The first-order valence-electron chi connectivity index (χ1n) is 5.74. The van der Waals surface area contributed by atoms with Gasteiger partial charge in [-0.2, -0.15) is 0 Å². The quantitative estimate of drug-likeness (QED) is 0.563. The summed E-state index contributed by atoms with van der Waals surface area (Å²) in [6.45, 7) is 0. The zero-order valence-electron chi connectivity index (χ0n) is 10.4. The predicted octanol–water partition coefficient (Wildman–Crippen LogP) is 3.15. The van der Waals surface area contributed by atoms with E-state index in [1.54, 1.807) is 7.11 Å². The molecular weight excluding hydrogens is 402 g/mol. The number of methoxy groups -OCH3 is 1. The first kappa shape index (κ1) is 15.2. The third kappa shape index (κ3) is 3.65. The number of ether oxygens (including phenoxy) is 1. The average Bonchev–Trinajstić information content (AvgIpc) is 2.48. The van der Waals surface area contributed by atoms with Crippen LogP contribution in [0.1, 0.15) is 0 Å². The maximum absolute atomic E-state index is 7.07. The van der Waals surface area contributed by atoms with E-state index >= 15 is 0 Å². The molecule has 5 heteroatoms. The zero-order valence-corrected chi connectivity index (χ0v) is 15.6. The molecule has 0 spiro atoms. The Kier molecular flexibility index (Phi) is 5.56. The fourth-order valence-electron chi connectivity index (χ4n) is 1.75. The topological polar surface area (TPSA) is 9.23 Å². The van der Waals surface area contributed by atoms with Gasteiger partial charge in [-0.1, -0.05) is 0 Å². The van der Waals surface area contributed by atoms with Crippen LogP contribution < -0.4 is 7.16 Å². The molecule has 0 aliphatic heterocycles. The van der Waals surface area contributed by atoms with Crippen LogP contribution in [0.3, 0.4) is 0 Å². The van der Waals surface area contributed by atoms with E-state index in [1.165, 1.54) is 16.1 Å². The van der Waals surface area contributed by atoms with Crippen molar-refractivity contribution in [2.75, 3.05) is 7.11 Å². The van der Waals surface area contributed by atoms with Gasteiger partial charge in [0.25, 0.3) is 0 Å². The van der Waals surface area contributed by atoms with Gasteiger partial charge in [-0.25, -0.2) is 0 Å². The van der Waals surface area contributed by atoms with Crippen molar-refractivity contribution >= 4 is 57.5 Å². The molecule has 0 saturated carbocycles. The summed E-state index contributed by atoms with van der Waals surface area (Å²) in [7, 11) is 10.2. The fourth-order valence-corrected chi connectivity index (χ4v) is 19.9. The summed E-state index contributed by atoms with van der Waals surface area (Å²) in [4.78, 5) is 0. The van der Waals surface area contributed by atoms with Crippen LogP contribution in [0.25, 0.3) is 0 Å². The molecule has 1 nitrogen and oxygen atoms in total. The summed E-state index contributed by atoms with van der Waals surface area (Å²) < 4.78 is 8.04. The summed E-state index contributed by atoms with van der Waals surface area (Å²) >= 11 is 1.88. The van der Waals surface area contributed by atoms with Crippen molar-refractivity contribution in [3.63, 3.8) is 0 Å². The van der Waals surface area contributed by atoms with Gasteiger partial charge in [0, 0.05) is 0 Å². The standard InChI is InChI=1S/2C6H5.C2H4OS2.ClH.Sn/c2*1-2-4-6-5-3-1;1-3-2(4)5;;/h2*1-5H;1H3,(H,4,5);1H;/q;;;;+2/p-2. The minimum absolute atomic E-state index is 0.513. The monoisotopic (exact) mass is 416 g/mol. The van der Waals surface area contributed by atoms with Crippen LogP contribution in [0, 0.1) is 0 Å². The number of hydrogen-bond donors (Lipinski definition) is 0. The van der Waals surface area contributed by atoms with Crippen LogP contribution in [0.2, 0.25) is 0 Å². The molecular formula is C14H13ClOS2Sn. The van der Waals surface area contributed by atoms with Crippen molar-refractivity contribution in [1.82, 2.24) is 0 Å². The number of thiocarbonyl (C=S) groups is 1. The summed E-state index contributed by atoms with van der Waals surface area (Å²) in [6, 6.07) is 20.4. The van der Waals surface area contributed by atoms with Crippen molar-refractivity contribution in [1.29, 1.82) is 0 Å². The van der Waals surface area contributed by atoms with Crippen LogP contribution in [-0.2, 0) is 4.74 Å². The molecule has 0 fully saturated rings. The number of hydrogen-bond acceptors (Lipinski definition) is 3. The molecule has 0 atom stereocenters. The molecule has 2 aromatic carbocycles. The van der Waals surface area contributed by atoms with E-state index in [0.29, 0.717) is 4.38 Å². The van der Waals surface area contributed by atoms with Gasteiger partial charge in [0.1, 0.15) is 0 Å². The zero-order chi connectivity index (χ0) is 13.7. The second-order valence-electron chi connectivity index (χ2n) is 3.88. The molecule has 0 aliphatic rings. The fraction of sp³-hybridized carbons (Fsp3) is 0.0714. The van der Waals surface area contributed by atoms with E-state index in [1.807, 2.05) is 36.4 Å². The predicted molar refractivity (Wildman–Crippen MR) is 91.0 cm³/mol. The summed E-state index contributed by atoms with van der Waals surface area (Å²) in [5, 5.41) is 0. The van der Waals surface area contributed by atoms with E-state index in [9.17, 15) is 0 Å². The Morgan fingerprint density at radius 2 is 1.42 bits per heavy atom. The number of halogens is 1. The van der Waals surface area contributed by atoms with Gasteiger partial charge in [0.2, 0.25) is 0 Å². The van der Waals surface area contributed by atoms with Gasteiger partial charge in [-0.15, -0.1) is 0 Å². The van der Waals surface area contributed by atoms with Crippen molar-refractivity contribution in [2.24, 2.45) is 0 Å². The number of benzene rings is 2. The molecule has 19 heavy (non-hydrogen) atoms. The van der Waals surface area contributed by atoms with Crippen LogP contribution >= 0.6 is 30.1 Å². The third-order valence-corrected chi connectivity index (χ3v) is 22.8. The van der Waals surface area contributed by atoms with Crippen LogP contribution in [0.5, 0.6) is 0 Å². The molecule has 98 valence electrons. The van der Waals surface area contributed by atoms with Gasteiger partial charge in [0.15, 0.2) is 0 Å². The van der Waals surface area contributed by atoms with E-state index in [0.717, 1.165) is 0 Å². The van der Waals surface area contributed by atoms with E-state index in [-0.39, 0.29) is 0 Å². The first-order valence-corrected chi connectivity index (χ1v) is 16.9. The van der Waals surface area contributed by atoms with Crippen molar-refractivity contribution in [3.05, 3.63) is 60.7 Å². The summed E-state index contributed by atoms with van der Waals surface area (Å²) in [5.41, 5.74) is 0. The van der Waals surface area contributed by atoms with Crippen molar-refractivity contribution in [3.8, 4) is 0 Å². The average molecular weight is 416 g/mol. The van der Waals surface area contributed by atoms with E-state index in [4.69, 9.17) is 25.9 Å². The van der Waals surface area contributed by atoms with Gasteiger partial charge in [-0.3, -0.25) is 0 Å². The Balaban J connectivity index is 2.47. The molecule has 0 amide bonds. The van der Waals surface area contributed by atoms with Crippen LogP contribution in [-0.4, -0.2) is 27.4 Å². The van der Waals surface area contributed by atoms with Gasteiger partial charge in [-0.05, 0) is 0 Å². The normalized spacial score (nSPS) is 11.1. The van der Waals surface area contributed by atoms with Gasteiger partial charge < -0.3 is 0 Å². The van der Waals surface area contributed by atoms with Crippen molar-refractivity contribution in [2.45, 2.75) is 0 Å². The summed E-state index contributed by atoms with van der Waals surface area (Å²) in [6.07, 6.45) is 0. The molecule has 0 saturated heterocycles. The SMILES string of the molecule is COC(=S)[S][Sn]([Cl])([c]1ccccc1)[c]1ccccc1. The molecule has 0 aromatic heterocycles. The van der Waals surface area contributed by atoms with Crippen LogP contribution in [0.15, 0.2) is 60.7 Å². The van der Waals surface area contributed by atoms with Gasteiger partial charge in [0.05, 0.1) is 0 Å². The van der Waals surface area contributed by atoms with Gasteiger partial charge >= 0.3 is 130 Å². The molecule has 0 N–H and O–H groups in total. The van der Waals surface area contributed by atoms with Crippen LogP contribution in [0.4, 0.5) is 0 Å². The van der Waals surface area contributed by atoms with Crippen molar-refractivity contribution < 1.29 is 4.74 Å². The molecule has 0 unspecified atom stereocenters. The number of rotatable bonds is 3.